The molecule has 0 atom stereocenters. The smallest absolute Gasteiger partial charge is 0.258 e. The van der Waals surface area contributed by atoms with Gasteiger partial charge in [-0.15, -0.1) is 0 Å². The lowest BCUT2D eigenvalue weighted by molar-refractivity contribution is -0.385. The van der Waals surface area contributed by atoms with Gasteiger partial charge in [-0.25, -0.2) is 9.67 Å². The molecule has 2 rings (SSSR count). The number of hydrogen-bond acceptors (Lipinski definition) is 4. The highest BCUT2D eigenvalue weighted by molar-refractivity contribution is 5.47. The minimum Gasteiger partial charge on any atom is -0.258 e. The summed E-state index contributed by atoms with van der Waals surface area (Å²) in [6, 6.07) is 1.95. The fraction of sp³-hybridized carbons (Fsp3) is 0.200. The van der Waals surface area contributed by atoms with Gasteiger partial charge in [0, 0.05) is 18.5 Å². The summed E-state index contributed by atoms with van der Waals surface area (Å²) < 4.78 is 38.0. The van der Waals surface area contributed by atoms with E-state index in [9.17, 15) is 23.3 Å². The second kappa shape index (κ2) is 4.34. The van der Waals surface area contributed by atoms with Crippen molar-refractivity contribution < 1.29 is 18.1 Å². The summed E-state index contributed by atoms with van der Waals surface area (Å²) >= 11 is 0. The predicted molar refractivity (Wildman–Crippen MR) is 57.8 cm³/mol. The van der Waals surface area contributed by atoms with Crippen LogP contribution < -0.4 is 0 Å². The number of hydrogen-bond donors (Lipinski definition) is 0. The summed E-state index contributed by atoms with van der Waals surface area (Å²) in [6.07, 6.45) is -2.31. The van der Waals surface area contributed by atoms with E-state index in [2.05, 4.69) is 10.1 Å². The lowest BCUT2D eigenvalue weighted by Crippen LogP contribution is -2.09. The largest absolute Gasteiger partial charge is 0.435 e. The van der Waals surface area contributed by atoms with Crippen LogP contribution in [0.3, 0.4) is 0 Å². The van der Waals surface area contributed by atoms with Crippen LogP contribution in [0.2, 0.25) is 0 Å². The van der Waals surface area contributed by atoms with Gasteiger partial charge in [-0.3, -0.25) is 10.1 Å². The van der Waals surface area contributed by atoms with Crippen LogP contribution in [0.15, 0.2) is 24.5 Å². The molecule has 2 heterocycles. The molecule has 0 spiro atoms. The standard InChI is InChI=1S/C10H7F3N4O2/c1-6-4-7(17(18)19)9(14-5-6)16-3-2-8(15-16)10(11,12)13/h2-5H,1H3. The molecule has 0 aliphatic rings. The quantitative estimate of drug-likeness (QED) is 0.621. The maximum absolute atomic E-state index is 12.4. The van der Waals surface area contributed by atoms with Crippen LogP contribution in [0.1, 0.15) is 11.3 Å². The van der Waals surface area contributed by atoms with Crippen LogP contribution in [-0.2, 0) is 6.18 Å². The molecular weight excluding hydrogens is 265 g/mol. The molecule has 0 radical (unpaired) electrons. The van der Waals surface area contributed by atoms with Gasteiger partial charge in [0.05, 0.1) is 4.92 Å². The molecule has 0 bridgehead atoms. The van der Waals surface area contributed by atoms with E-state index in [1.165, 1.54) is 12.3 Å². The van der Waals surface area contributed by atoms with Gasteiger partial charge in [-0.2, -0.15) is 18.3 Å². The van der Waals surface area contributed by atoms with Gasteiger partial charge < -0.3 is 0 Å². The minimum atomic E-state index is -4.61. The molecule has 2 aromatic heterocycles. The molecule has 0 aliphatic heterocycles. The number of aryl methyl sites for hydroxylation is 1. The SMILES string of the molecule is Cc1cnc(-n2ccc(C(F)(F)F)n2)c([N+](=O)[O-])c1. The highest BCUT2D eigenvalue weighted by atomic mass is 19.4. The number of rotatable bonds is 2. The number of aromatic nitrogens is 3. The Morgan fingerprint density at radius 1 is 1.42 bits per heavy atom. The fourth-order valence-electron chi connectivity index (χ4n) is 1.45. The number of halogens is 3. The van der Waals surface area contributed by atoms with Crippen LogP contribution in [-0.4, -0.2) is 19.7 Å². The first-order valence-electron chi connectivity index (χ1n) is 5.03. The average molecular weight is 272 g/mol. The molecule has 19 heavy (non-hydrogen) atoms. The Morgan fingerprint density at radius 3 is 2.63 bits per heavy atom. The van der Waals surface area contributed by atoms with Crippen molar-refractivity contribution in [3.05, 3.63) is 45.9 Å². The zero-order chi connectivity index (χ0) is 14.2. The van der Waals surface area contributed by atoms with Gasteiger partial charge in [0.15, 0.2) is 5.69 Å². The number of nitro groups is 1. The first kappa shape index (κ1) is 13.0. The molecule has 6 nitrogen and oxygen atoms in total. The number of pyridine rings is 1. The lowest BCUT2D eigenvalue weighted by atomic mass is 10.3. The zero-order valence-corrected chi connectivity index (χ0v) is 9.55. The summed E-state index contributed by atoms with van der Waals surface area (Å²) in [4.78, 5) is 13.9. The summed E-state index contributed by atoms with van der Waals surface area (Å²) in [6.45, 7) is 1.59. The molecule has 9 heteroatoms. The Balaban J connectivity index is 2.53. The molecule has 2 aromatic rings. The third-order valence-electron chi connectivity index (χ3n) is 2.28. The first-order valence-corrected chi connectivity index (χ1v) is 5.03. The van der Waals surface area contributed by atoms with E-state index in [1.54, 1.807) is 6.92 Å². The van der Waals surface area contributed by atoms with Crippen molar-refractivity contribution >= 4 is 5.69 Å². The van der Waals surface area contributed by atoms with E-state index in [-0.39, 0.29) is 5.82 Å². The van der Waals surface area contributed by atoms with Crippen LogP contribution >= 0.6 is 0 Å². The van der Waals surface area contributed by atoms with E-state index in [0.29, 0.717) is 5.56 Å². The van der Waals surface area contributed by atoms with Crippen molar-refractivity contribution in [2.75, 3.05) is 0 Å². The van der Waals surface area contributed by atoms with Crippen molar-refractivity contribution in [2.24, 2.45) is 0 Å². The average Bonchev–Trinajstić information content (AvgIpc) is 2.77. The molecule has 0 aliphatic carbocycles. The summed E-state index contributed by atoms with van der Waals surface area (Å²) in [5, 5.41) is 14.1. The Bertz CT molecular complexity index is 636. The van der Waals surface area contributed by atoms with Gasteiger partial charge >= 0.3 is 11.9 Å². The van der Waals surface area contributed by atoms with E-state index in [1.807, 2.05) is 0 Å². The summed E-state index contributed by atoms with van der Waals surface area (Å²) in [7, 11) is 0. The van der Waals surface area contributed by atoms with Crippen molar-refractivity contribution in [2.45, 2.75) is 13.1 Å². The van der Waals surface area contributed by atoms with E-state index in [0.717, 1.165) is 16.9 Å². The Morgan fingerprint density at radius 2 is 2.11 bits per heavy atom. The summed E-state index contributed by atoms with van der Waals surface area (Å²) in [5.41, 5.74) is -1.01. The molecule has 0 aromatic carbocycles. The third-order valence-corrected chi connectivity index (χ3v) is 2.28. The Labute approximate surface area is 104 Å². The third kappa shape index (κ3) is 2.54. The van der Waals surface area contributed by atoms with Crippen molar-refractivity contribution in [1.82, 2.24) is 14.8 Å². The van der Waals surface area contributed by atoms with E-state index < -0.39 is 22.5 Å². The van der Waals surface area contributed by atoms with Crippen molar-refractivity contribution in [3.8, 4) is 5.82 Å². The Hall–Kier alpha value is -2.45. The normalized spacial score (nSPS) is 11.6. The van der Waals surface area contributed by atoms with Gasteiger partial charge in [0.25, 0.3) is 0 Å². The topological polar surface area (TPSA) is 73.8 Å². The highest BCUT2D eigenvalue weighted by Crippen LogP contribution is 2.29. The lowest BCUT2D eigenvalue weighted by Gasteiger charge is -2.03. The van der Waals surface area contributed by atoms with Crippen LogP contribution in [0, 0.1) is 17.0 Å². The second-order valence-electron chi connectivity index (χ2n) is 3.76. The zero-order valence-electron chi connectivity index (χ0n) is 9.55. The van der Waals surface area contributed by atoms with Gasteiger partial charge in [0.2, 0.25) is 5.82 Å². The molecule has 100 valence electrons. The van der Waals surface area contributed by atoms with E-state index >= 15 is 0 Å². The minimum absolute atomic E-state index is 0.258. The number of alkyl halides is 3. The second-order valence-corrected chi connectivity index (χ2v) is 3.76. The molecular formula is C10H7F3N4O2. The monoisotopic (exact) mass is 272 g/mol. The summed E-state index contributed by atoms with van der Waals surface area (Å²) in [5.74, 6) is -0.258. The van der Waals surface area contributed by atoms with Crippen molar-refractivity contribution in [3.63, 3.8) is 0 Å². The van der Waals surface area contributed by atoms with Gasteiger partial charge in [0.1, 0.15) is 0 Å². The molecule has 0 saturated carbocycles. The molecule has 0 N–H and O–H groups in total. The first-order chi connectivity index (χ1) is 8.79. The molecule has 0 amide bonds. The molecule has 0 unspecified atom stereocenters. The van der Waals surface area contributed by atoms with Crippen LogP contribution in [0.5, 0.6) is 0 Å². The van der Waals surface area contributed by atoms with Crippen LogP contribution in [0.4, 0.5) is 18.9 Å². The highest BCUT2D eigenvalue weighted by Gasteiger charge is 2.34. The predicted octanol–water partition coefficient (Wildman–Crippen LogP) is 2.50. The van der Waals surface area contributed by atoms with E-state index in [4.69, 9.17) is 0 Å². The Kier molecular flexibility index (Phi) is 2.97. The molecule has 0 saturated heterocycles. The molecule has 0 fully saturated rings. The number of nitrogens with zero attached hydrogens (tertiary/aromatic N) is 4. The van der Waals surface area contributed by atoms with Crippen molar-refractivity contribution in [1.29, 1.82) is 0 Å². The maximum Gasteiger partial charge on any atom is 0.435 e. The van der Waals surface area contributed by atoms with Gasteiger partial charge in [-0.1, -0.05) is 0 Å². The fourth-order valence-corrected chi connectivity index (χ4v) is 1.45. The van der Waals surface area contributed by atoms with Gasteiger partial charge in [-0.05, 0) is 18.6 Å². The maximum atomic E-state index is 12.4. The van der Waals surface area contributed by atoms with Crippen LogP contribution in [0.25, 0.3) is 5.82 Å².